The molecule has 162 valence electrons. The van der Waals surface area contributed by atoms with E-state index in [0.717, 1.165) is 40.8 Å². The third-order valence-corrected chi connectivity index (χ3v) is 5.86. The molecule has 0 aliphatic carbocycles. The average molecular weight is 429 g/mol. The third kappa shape index (κ3) is 3.67. The summed E-state index contributed by atoms with van der Waals surface area (Å²) in [5.41, 5.74) is 4.25. The van der Waals surface area contributed by atoms with Crippen LogP contribution in [-0.4, -0.2) is 69.0 Å². The Morgan fingerprint density at radius 2 is 1.88 bits per heavy atom. The molecule has 32 heavy (non-hydrogen) atoms. The van der Waals surface area contributed by atoms with Crippen LogP contribution in [-0.2, 0) is 7.05 Å². The molecule has 4 aromatic rings. The Morgan fingerprint density at radius 3 is 2.56 bits per heavy atom. The highest BCUT2D eigenvalue weighted by Gasteiger charge is 2.32. The molecule has 1 aromatic carbocycles. The van der Waals surface area contributed by atoms with Gasteiger partial charge >= 0.3 is 0 Å². The summed E-state index contributed by atoms with van der Waals surface area (Å²) in [7, 11) is 6.06. The molecular weight excluding hydrogens is 404 g/mol. The van der Waals surface area contributed by atoms with Crippen LogP contribution in [0.5, 0.6) is 0 Å². The van der Waals surface area contributed by atoms with Crippen LogP contribution < -0.4 is 10.2 Å². The van der Waals surface area contributed by atoms with E-state index in [1.165, 1.54) is 0 Å². The highest BCUT2D eigenvalue weighted by atomic mass is 16.1. The van der Waals surface area contributed by atoms with Gasteiger partial charge in [0.1, 0.15) is 0 Å². The van der Waals surface area contributed by atoms with Crippen molar-refractivity contribution in [3.05, 3.63) is 60.7 Å². The van der Waals surface area contributed by atoms with Gasteiger partial charge in [0.05, 0.1) is 17.4 Å². The minimum absolute atomic E-state index is 0.240. The second-order valence-corrected chi connectivity index (χ2v) is 8.24. The molecule has 0 bridgehead atoms. The van der Waals surface area contributed by atoms with Crippen LogP contribution in [0.2, 0.25) is 0 Å². The first-order chi connectivity index (χ1) is 15.5. The van der Waals surface area contributed by atoms with E-state index in [9.17, 15) is 4.79 Å². The summed E-state index contributed by atoms with van der Waals surface area (Å²) in [6.07, 6.45) is 7.01. The average Bonchev–Trinajstić information content (AvgIpc) is 3.20. The predicted octanol–water partition coefficient (Wildman–Crippen LogP) is 2.43. The monoisotopic (exact) mass is 428 g/mol. The van der Waals surface area contributed by atoms with Crippen LogP contribution in [0.1, 0.15) is 10.4 Å². The molecule has 1 aliphatic heterocycles. The molecule has 5 rings (SSSR count). The second kappa shape index (κ2) is 8.01. The Morgan fingerprint density at radius 1 is 1.09 bits per heavy atom. The second-order valence-electron chi connectivity index (χ2n) is 8.24. The number of hydrogen-bond acceptors (Lipinski definition) is 7. The zero-order valence-corrected chi connectivity index (χ0v) is 18.2. The molecule has 0 saturated carbocycles. The molecule has 9 nitrogen and oxygen atoms in total. The number of benzene rings is 1. The van der Waals surface area contributed by atoms with E-state index in [0.29, 0.717) is 17.4 Å². The quantitative estimate of drug-likeness (QED) is 0.522. The van der Waals surface area contributed by atoms with Crippen molar-refractivity contribution < 1.29 is 4.79 Å². The summed E-state index contributed by atoms with van der Waals surface area (Å²) in [5, 5.41) is 17.0. The Kier molecular flexibility index (Phi) is 5.02. The van der Waals surface area contributed by atoms with E-state index in [1.54, 1.807) is 29.2 Å². The highest BCUT2D eigenvalue weighted by molar-refractivity contribution is 6.08. The lowest BCUT2D eigenvalue weighted by Crippen LogP contribution is -2.57. The Labute approximate surface area is 185 Å². The zero-order chi connectivity index (χ0) is 22.2. The van der Waals surface area contributed by atoms with E-state index in [2.05, 4.69) is 55.6 Å². The molecule has 1 fully saturated rings. The summed E-state index contributed by atoms with van der Waals surface area (Å²) in [6, 6.07) is 9.88. The zero-order valence-electron chi connectivity index (χ0n) is 18.2. The van der Waals surface area contributed by atoms with E-state index >= 15 is 0 Å². The van der Waals surface area contributed by atoms with Crippen LogP contribution in [0.3, 0.4) is 0 Å². The predicted molar refractivity (Wildman–Crippen MR) is 124 cm³/mol. The number of carbonyl (C=O) groups is 1. The minimum Gasteiger partial charge on any atom is -0.365 e. The SMILES string of the molecule is CN(C)C1CN(c2c(NC(=O)c3ccncc3)nnc3ccc(-c4cnn(C)c4)cc23)C1. The van der Waals surface area contributed by atoms with Crippen molar-refractivity contribution in [3.63, 3.8) is 0 Å². The van der Waals surface area contributed by atoms with Gasteiger partial charge in [0.25, 0.3) is 5.91 Å². The number of fused-ring (bicyclic) bond motifs is 1. The largest absolute Gasteiger partial charge is 0.365 e. The molecule has 4 heterocycles. The molecule has 0 spiro atoms. The molecular formula is C23H24N8O. The molecule has 1 N–H and O–H groups in total. The van der Waals surface area contributed by atoms with Crippen molar-refractivity contribution in [3.8, 4) is 11.1 Å². The number of anilines is 2. The standard InChI is InChI=1S/C23H24N8O/c1-29(2)18-13-31(14-18)21-19-10-16(17-11-25-30(3)12-17)4-5-20(19)27-28-22(21)26-23(32)15-6-8-24-9-7-15/h4-12,18H,13-14H2,1-3H3,(H,26,28,32). The molecule has 1 aliphatic rings. The van der Waals surface area contributed by atoms with Crippen LogP contribution >= 0.6 is 0 Å². The number of aromatic nitrogens is 5. The van der Waals surface area contributed by atoms with E-state index in [4.69, 9.17) is 0 Å². The van der Waals surface area contributed by atoms with Crippen LogP contribution in [0.25, 0.3) is 22.0 Å². The molecule has 9 heteroatoms. The van der Waals surface area contributed by atoms with Crippen molar-refractivity contribution in [2.75, 3.05) is 37.4 Å². The summed E-state index contributed by atoms with van der Waals surface area (Å²) in [4.78, 5) is 21.3. The minimum atomic E-state index is -0.240. The lowest BCUT2D eigenvalue weighted by molar-refractivity contribution is 0.102. The number of amides is 1. The number of nitrogens with zero attached hydrogens (tertiary/aromatic N) is 7. The highest BCUT2D eigenvalue weighted by Crippen LogP contribution is 2.37. The van der Waals surface area contributed by atoms with E-state index < -0.39 is 0 Å². The van der Waals surface area contributed by atoms with Crippen molar-refractivity contribution in [2.45, 2.75) is 6.04 Å². The number of pyridine rings is 1. The lowest BCUT2D eigenvalue weighted by Gasteiger charge is -2.44. The van der Waals surface area contributed by atoms with Crippen molar-refractivity contribution in [2.24, 2.45) is 7.05 Å². The number of hydrogen-bond donors (Lipinski definition) is 1. The first-order valence-corrected chi connectivity index (χ1v) is 10.4. The van der Waals surface area contributed by atoms with Gasteiger partial charge in [-0.2, -0.15) is 5.10 Å². The topological polar surface area (TPSA) is 92.1 Å². The summed E-state index contributed by atoms with van der Waals surface area (Å²) in [6.45, 7) is 1.70. The Balaban J connectivity index is 1.59. The maximum absolute atomic E-state index is 12.9. The normalized spacial score (nSPS) is 14.1. The molecule has 0 atom stereocenters. The molecule has 1 amide bonds. The first-order valence-electron chi connectivity index (χ1n) is 10.4. The Hall–Kier alpha value is -3.85. The number of nitrogens with one attached hydrogen (secondary N) is 1. The maximum atomic E-state index is 12.9. The summed E-state index contributed by atoms with van der Waals surface area (Å²) < 4.78 is 1.78. The van der Waals surface area contributed by atoms with Crippen molar-refractivity contribution in [1.29, 1.82) is 0 Å². The smallest absolute Gasteiger partial charge is 0.257 e. The van der Waals surface area contributed by atoms with Gasteiger partial charge in [-0.1, -0.05) is 6.07 Å². The van der Waals surface area contributed by atoms with Gasteiger partial charge in [-0.05, 0) is 43.9 Å². The molecule has 3 aromatic heterocycles. The van der Waals surface area contributed by atoms with Crippen molar-refractivity contribution >= 4 is 28.3 Å². The maximum Gasteiger partial charge on any atom is 0.257 e. The van der Waals surface area contributed by atoms with Crippen molar-refractivity contribution in [1.82, 2.24) is 29.9 Å². The van der Waals surface area contributed by atoms with Gasteiger partial charge < -0.3 is 15.1 Å². The van der Waals surface area contributed by atoms with Crippen LogP contribution in [0, 0.1) is 0 Å². The fraction of sp³-hybridized carbons (Fsp3) is 0.261. The van der Waals surface area contributed by atoms with E-state index in [1.807, 2.05) is 31.6 Å². The van der Waals surface area contributed by atoms with Crippen LogP contribution in [0.15, 0.2) is 55.1 Å². The van der Waals surface area contributed by atoms with Gasteiger partial charge in [-0.25, -0.2) is 0 Å². The fourth-order valence-electron chi connectivity index (χ4n) is 3.89. The number of rotatable bonds is 5. The van der Waals surface area contributed by atoms with E-state index in [-0.39, 0.29) is 5.91 Å². The number of aryl methyl sites for hydroxylation is 1. The summed E-state index contributed by atoms with van der Waals surface area (Å²) in [5.74, 6) is 0.218. The Bertz CT molecular complexity index is 1280. The van der Waals surface area contributed by atoms with Gasteiger partial charge in [-0.3, -0.25) is 14.5 Å². The van der Waals surface area contributed by atoms with Crippen LogP contribution in [0.4, 0.5) is 11.5 Å². The summed E-state index contributed by atoms with van der Waals surface area (Å²) >= 11 is 0. The first kappa shape index (κ1) is 20.1. The van der Waals surface area contributed by atoms with Gasteiger partial charge in [0.2, 0.25) is 0 Å². The molecule has 0 unspecified atom stereocenters. The lowest BCUT2D eigenvalue weighted by atomic mass is 10.0. The van der Waals surface area contributed by atoms with Gasteiger partial charge in [-0.15, -0.1) is 10.2 Å². The van der Waals surface area contributed by atoms with Gasteiger partial charge in [0, 0.05) is 61.3 Å². The number of carbonyl (C=O) groups excluding carboxylic acids is 1. The molecule has 1 saturated heterocycles. The molecule has 0 radical (unpaired) electrons. The number of likely N-dealkylation sites (N-methyl/N-ethyl adjacent to an activating group) is 1. The fourth-order valence-corrected chi connectivity index (χ4v) is 3.89. The van der Waals surface area contributed by atoms with Gasteiger partial charge in [0.15, 0.2) is 5.82 Å². The third-order valence-electron chi connectivity index (χ3n) is 5.86.